The van der Waals surface area contributed by atoms with Crippen molar-refractivity contribution in [3.63, 3.8) is 0 Å². The summed E-state index contributed by atoms with van der Waals surface area (Å²) in [6, 6.07) is 4.18. The van der Waals surface area contributed by atoms with Crippen LogP contribution in [0.15, 0.2) is 18.2 Å². The molecule has 0 spiro atoms. The largest absolute Gasteiger partial charge is 0.481 e. The van der Waals surface area contributed by atoms with Gasteiger partial charge >= 0.3 is 5.97 Å². The van der Waals surface area contributed by atoms with E-state index in [0.29, 0.717) is 9.26 Å². The zero-order chi connectivity index (χ0) is 13.0. The van der Waals surface area contributed by atoms with Gasteiger partial charge in [-0.2, -0.15) is 0 Å². The number of hydrogen-bond acceptors (Lipinski definition) is 4. The van der Waals surface area contributed by atoms with Crippen molar-refractivity contribution >= 4 is 39.9 Å². The first-order valence-electron chi connectivity index (χ1n) is 4.82. The van der Waals surface area contributed by atoms with E-state index in [2.05, 4.69) is 5.32 Å². The van der Waals surface area contributed by atoms with Crippen molar-refractivity contribution in [3.8, 4) is 0 Å². The number of nitrogens with one attached hydrogen (secondary N) is 1. The molecule has 0 heterocycles. The smallest absolute Gasteiger partial charge is 0.305 e. The van der Waals surface area contributed by atoms with Crippen molar-refractivity contribution < 1.29 is 14.8 Å². The number of nitrogens with zero attached hydrogens (tertiary/aromatic N) is 1. The summed E-state index contributed by atoms with van der Waals surface area (Å²) in [5.74, 6) is -0.887. The molecule has 0 aliphatic heterocycles. The average molecular weight is 350 g/mol. The van der Waals surface area contributed by atoms with Gasteiger partial charge in [0.05, 0.1) is 11.3 Å². The molecular formula is C10H11IN2O4. The number of non-ortho nitro benzene ring substituents is 1. The molecule has 1 atom stereocenters. The zero-order valence-corrected chi connectivity index (χ0v) is 11.2. The number of carboxylic acids is 1. The maximum Gasteiger partial charge on any atom is 0.305 e. The Kier molecular flexibility index (Phi) is 4.67. The van der Waals surface area contributed by atoms with Gasteiger partial charge in [0.2, 0.25) is 0 Å². The third-order valence-electron chi connectivity index (χ3n) is 2.05. The molecular weight excluding hydrogens is 339 g/mol. The van der Waals surface area contributed by atoms with Crippen LogP contribution in [0.4, 0.5) is 11.4 Å². The molecule has 7 heteroatoms. The van der Waals surface area contributed by atoms with E-state index in [4.69, 9.17) is 5.11 Å². The molecule has 0 radical (unpaired) electrons. The maximum atomic E-state index is 10.5. The lowest BCUT2D eigenvalue weighted by Crippen LogP contribution is -2.19. The highest BCUT2D eigenvalue weighted by atomic mass is 127. The molecule has 2 N–H and O–H groups in total. The molecule has 0 amide bonds. The van der Waals surface area contributed by atoms with Gasteiger partial charge in [0.1, 0.15) is 0 Å². The van der Waals surface area contributed by atoms with E-state index in [1.54, 1.807) is 13.0 Å². The molecule has 0 saturated carbocycles. The Morgan fingerprint density at radius 2 is 2.29 bits per heavy atom. The number of benzene rings is 1. The molecule has 1 aromatic rings. The molecule has 1 rings (SSSR count). The summed E-state index contributed by atoms with van der Waals surface area (Å²) < 4.78 is 0.689. The van der Waals surface area contributed by atoms with Gasteiger partial charge in [0, 0.05) is 27.4 Å². The van der Waals surface area contributed by atoms with E-state index in [0.717, 1.165) is 0 Å². The van der Waals surface area contributed by atoms with Crippen LogP contribution in [-0.2, 0) is 4.79 Å². The van der Waals surface area contributed by atoms with Crippen LogP contribution in [0.25, 0.3) is 0 Å². The standard InChI is InChI=1S/C10H11IN2O4/c1-6(4-10(14)15)12-9-3-2-7(13(16)17)5-8(9)11/h2-3,5-6,12H,4H2,1H3,(H,14,15). The minimum absolute atomic E-state index is 0.00688. The van der Waals surface area contributed by atoms with Crippen molar-refractivity contribution in [2.24, 2.45) is 0 Å². The molecule has 6 nitrogen and oxygen atoms in total. The van der Waals surface area contributed by atoms with Crippen molar-refractivity contribution in [2.75, 3.05) is 5.32 Å². The predicted octanol–water partition coefficient (Wildman–Crippen LogP) is 2.47. The highest BCUT2D eigenvalue weighted by Crippen LogP contribution is 2.24. The molecule has 1 unspecified atom stereocenters. The normalized spacial score (nSPS) is 11.9. The summed E-state index contributed by atoms with van der Waals surface area (Å²) in [5.41, 5.74) is 0.718. The van der Waals surface area contributed by atoms with Crippen LogP contribution in [-0.4, -0.2) is 22.0 Å². The Hall–Kier alpha value is -1.38. The zero-order valence-electron chi connectivity index (χ0n) is 9.01. The van der Waals surface area contributed by atoms with Crippen molar-refractivity contribution in [1.82, 2.24) is 0 Å². The topological polar surface area (TPSA) is 92.5 Å². The summed E-state index contributed by atoms with van der Waals surface area (Å²) in [6.45, 7) is 1.74. The predicted molar refractivity (Wildman–Crippen MR) is 71.2 cm³/mol. The summed E-state index contributed by atoms with van der Waals surface area (Å²) in [6.07, 6.45) is -0.00688. The van der Waals surface area contributed by atoms with Crippen molar-refractivity contribution in [3.05, 3.63) is 31.9 Å². The van der Waals surface area contributed by atoms with E-state index in [1.807, 2.05) is 22.6 Å². The van der Waals surface area contributed by atoms with Gasteiger partial charge in [-0.05, 0) is 35.6 Å². The second kappa shape index (κ2) is 5.80. The number of nitro groups is 1. The molecule has 1 aromatic carbocycles. The quantitative estimate of drug-likeness (QED) is 0.484. The van der Waals surface area contributed by atoms with Crippen LogP contribution in [0, 0.1) is 13.7 Å². The number of nitro benzene ring substituents is 1. The van der Waals surface area contributed by atoms with Crippen LogP contribution in [0.2, 0.25) is 0 Å². The lowest BCUT2D eigenvalue weighted by Gasteiger charge is -2.14. The van der Waals surface area contributed by atoms with E-state index < -0.39 is 10.9 Å². The van der Waals surface area contributed by atoms with Gasteiger partial charge in [-0.25, -0.2) is 0 Å². The molecule has 0 bridgehead atoms. The molecule has 0 aromatic heterocycles. The molecule has 0 saturated heterocycles. The number of hydrogen-bond donors (Lipinski definition) is 2. The van der Waals surface area contributed by atoms with E-state index in [1.165, 1.54) is 12.1 Å². The molecule has 0 aliphatic rings. The van der Waals surface area contributed by atoms with E-state index in [-0.39, 0.29) is 18.2 Å². The Morgan fingerprint density at radius 1 is 1.65 bits per heavy atom. The Bertz CT molecular complexity index is 450. The highest BCUT2D eigenvalue weighted by Gasteiger charge is 2.12. The van der Waals surface area contributed by atoms with Gasteiger partial charge in [-0.15, -0.1) is 0 Å². The van der Waals surface area contributed by atoms with Crippen molar-refractivity contribution in [2.45, 2.75) is 19.4 Å². The Labute approximate surface area is 111 Å². The maximum absolute atomic E-state index is 10.5. The van der Waals surface area contributed by atoms with Crippen molar-refractivity contribution in [1.29, 1.82) is 0 Å². The third-order valence-corrected chi connectivity index (χ3v) is 2.94. The van der Waals surface area contributed by atoms with Crippen LogP contribution >= 0.6 is 22.6 Å². The SMILES string of the molecule is CC(CC(=O)O)Nc1ccc([N+](=O)[O-])cc1I. The fourth-order valence-corrected chi connectivity index (χ4v) is 1.97. The molecule has 0 fully saturated rings. The number of rotatable bonds is 5. The average Bonchev–Trinajstić information content (AvgIpc) is 2.19. The van der Waals surface area contributed by atoms with Crippen LogP contribution in [0.5, 0.6) is 0 Å². The first-order valence-corrected chi connectivity index (χ1v) is 5.90. The summed E-state index contributed by atoms with van der Waals surface area (Å²) in [4.78, 5) is 20.6. The summed E-state index contributed by atoms with van der Waals surface area (Å²) >= 11 is 1.97. The monoisotopic (exact) mass is 350 g/mol. The Morgan fingerprint density at radius 3 is 2.76 bits per heavy atom. The minimum atomic E-state index is -0.887. The fraction of sp³-hybridized carbons (Fsp3) is 0.300. The molecule has 0 aliphatic carbocycles. The second-order valence-electron chi connectivity index (χ2n) is 3.56. The second-order valence-corrected chi connectivity index (χ2v) is 4.73. The van der Waals surface area contributed by atoms with Crippen LogP contribution in [0.1, 0.15) is 13.3 Å². The van der Waals surface area contributed by atoms with Gasteiger partial charge in [0.25, 0.3) is 5.69 Å². The highest BCUT2D eigenvalue weighted by molar-refractivity contribution is 14.1. The van der Waals surface area contributed by atoms with Gasteiger partial charge in [-0.1, -0.05) is 0 Å². The first-order chi connectivity index (χ1) is 7.90. The molecule has 17 heavy (non-hydrogen) atoms. The summed E-state index contributed by atoms with van der Waals surface area (Å²) in [5, 5.41) is 22.1. The van der Waals surface area contributed by atoms with Gasteiger partial charge < -0.3 is 10.4 Å². The lowest BCUT2D eigenvalue weighted by molar-refractivity contribution is -0.384. The fourth-order valence-electron chi connectivity index (χ4n) is 1.31. The number of carboxylic acid groups (broad SMARTS) is 1. The third kappa shape index (κ3) is 4.17. The van der Waals surface area contributed by atoms with E-state index >= 15 is 0 Å². The van der Waals surface area contributed by atoms with Crippen LogP contribution in [0.3, 0.4) is 0 Å². The number of aliphatic carboxylic acids is 1. The summed E-state index contributed by atoms with van der Waals surface area (Å²) in [7, 11) is 0. The first kappa shape index (κ1) is 13.7. The van der Waals surface area contributed by atoms with E-state index in [9.17, 15) is 14.9 Å². The van der Waals surface area contributed by atoms with Gasteiger partial charge in [-0.3, -0.25) is 14.9 Å². The lowest BCUT2D eigenvalue weighted by atomic mass is 10.2. The number of carbonyl (C=O) groups is 1. The van der Waals surface area contributed by atoms with Crippen LogP contribution < -0.4 is 5.32 Å². The molecule has 92 valence electrons. The number of halogens is 1. The minimum Gasteiger partial charge on any atom is -0.481 e. The number of anilines is 1. The van der Waals surface area contributed by atoms with Gasteiger partial charge in [0.15, 0.2) is 0 Å². The Balaban J connectivity index is 2.79.